The molecule has 0 aliphatic heterocycles. The van der Waals surface area contributed by atoms with Crippen molar-refractivity contribution >= 4 is 17.7 Å². The Morgan fingerprint density at radius 3 is 2.45 bits per heavy atom. The van der Waals surface area contributed by atoms with Crippen molar-refractivity contribution in [3.8, 4) is 17.1 Å². The zero-order valence-electron chi connectivity index (χ0n) is 18.7. The van der Waals surface area contributed by atoms with E-state index in [4.69, 9.17) is 4.74 Å². The van der Waals surface area contributed by atoms with Gasteiger partial charge in [0.2, 0.25) is 5.91 Å². The highest BCUT2D eigenvalue weighted by atomic mass is 32.2. The van der Waals surface area contributed by atoms with Crippen LogP contribution in [0.3, 0.4) is 0 Å². The Morgan fingerprint density at radius 1 is 1.10 bits per heavy atom. The number of hydrogen-bond donors (Lipinski definition) is 0. The Balaban J connectivity index is 1.68. The molecule has 0 unspecified atom stereocenters. The molecular weight excluding hydrogens is 408 g/mol. The number of nitrogens with zero attached hydrogens (tertiary/aromatic N) is 4. The molecule has 1 amide bonds. The molecule has 0 fully saturated rings. The molecule has 3 rings (SSSR count). The van der Waals surface area contributed by atoms with E-state index in [9.17, 15) is 4.79 Å². The number of thioether (sulfide) groups is 1. The second-order valence-corrected chi connectivity index (χ2v) is 8.51. The fraction of sp³-hybridized carbons (Fsp3) is 0.375. The molecule has 6 nitrogen and oxygen atoms in total. The molecule has 1 aromatic heterocycles. The number of carbonyl (C=O) groups excluding carboxylic acids is 1. The summed E-state index contributed by atoms with van der Waals surface area (Å²) < 4.78 is 7.37. The number of aryl methyl sites for hydroxylation is 1. The number of benzene rings is 2. The highest BCUT2D eigenvalue weighted by Crippen LogP contribution is 2.26. The topological polar surface area (TPSA) is 60.2 Å². The molecule has 0 bridgehead atoms. The predicted molar refractivity (Wildman–Crippen MR) is 125 cm³/mol. The van der Waals surface area contributed by atoms with E-state index in [0.29, 0.717) is 12.3 Å². The normalized spacial score (nSPS) is 10.8. The quantitative estimate of drug-likeness (QED) is 0.425. The maximum atomic E-state index is 12.7. The van der Waals surface area contributed by atoms with Gasteiger partial charge in [-0.05, 0) is 43.2 Å². The van der Waals surface area contributed by atoms with Crippen molar-refractivity contribution in [1.82, 2.24) is 19.7 Å². The lowest BCUT2D eigenvalue weighted by molar-refractivity contribution is -0.127. The standard InChI is InChI=1S/C24H30N4O2S/c1-5-6-15-28-23(20-11-13-21(30-4)14-12-20)25-26-24(28)31-17-22(29)27(3)16-19-9-7-18(2)8-10-19/h7-14H,5-6,15-17H2,1-4H3. The Bertz CT molecular complexity index is 984. The van der Waals surface area contributed by atoms with E-state index in [-0.39, 0.29) is 5.91 Å². The summed E-state index contributed by atoms with van der Waals surface area (Å²) in [4.78, 5) is 14.5. The maximum Gasteiger partial charge on any atom is 0.233 e. The van der Waals surface area contributed by atoms with Gasteiger partial charge in [0.25, 0.3) is 0 Å². The summed E-state index contributed by atoms with van der Waals surface area (Å²) in [6.45, 7) is 5.64. The molecule has 31 heavy (non-hydrogen) atoms. The molecule has 0 spiro atoms. The monoisotopic (exact) mass is 438 g/mol. The number of unbranched alkanes of at least 4 members (excludes halogenated alkanes) is 1. The van der Waals surface area contributed by atoms with Gasteiger partial charge in [-0.25, -0.2) is 0 Å². The summed E-state index contributed by atoms with van der Waals surface area (Å²) >= 11 is 1.44. The van der Waals surface area contributed by atoms with E-state index in [1.807, 2.05) is 31.3 Å². The number of carbonyl (C=O) groups is 1. The predicted octanol–water partition coefficient (Wildman–Crippen LogP) is 4.81. The van der Waals surface area contributed by atoms with Crippen LogP contribution in [0, 0.1) is 6.92 Å². The van der Waals surface area contributed by atoms with Gasteiger partial charge in [-0.1, -0.05) is 54.9 Å². The molecule has 7 heteroatoms. The van der Waals surface area contributed by atoms with E-state index in [1.165, 1.54) is 17.3 Å². The first kappa shape index (κ1) is 22.9. The summed E-state index contributed by atoms with van der Waals surface area (Å²) in [5, 5.41) is 9.58. The number of aromatic nitrogens is 3. The molecule has 2 aromatic carbocycles. The van der Waals surface area contributed by atoms with Crippen LogP contribution in [0.4, 0.5) is 0 Å². The van der Waals surface area contributed by atoms with Crippen molar-refractivity contribution in [2.75, 3.05) is 19.9 Å². The summed E-state index contributed by atoms with van der Waals surface area (Å²) in [5.74, 6) is 2.02. The van der Waals surface area contributed by atoms with Gasteiger partial charge in [-0.2, -0.15) is 0 Å². The van der Waals surface area contributed by atoms with E-state index < -0.39 is 0 Å². The molecule has 0 saturated carbocycles. The summed E-state index contributed by atoms with van der Waals surface area (Å²) in [5.41, 5.74) is 3.32. The Hall–Kier alpha value is -2.80. The van der Waals surface area contributed by atoms with Crippen LogP contribution in [0.2, 0.25) is 0 Å². The molecule has 0 atom stereocenters. The van der Waals surface area contributed by atoms with E-state index in [0.717, 1.165) is 47.2 Å². The second-order valence-electron chi connectivity index (χ2n) is 7.56. The molecule has 1 heterocycles. The van der Waals surface area contributed by atoms with Crippen LogP contribution in [-0.2, 0) is 17.9 Å². The first-order valence-corrected chi connectivity index (χ1v) is 11.5. The summed E-state index contributed by atoms with van der Waals surface area (Å²) in [7, 11) is 3.49. The third kappa shape index (κ3) is 6.10. The fourth-order valence-corrected chi connectivity index (χ4v) is 4.06. The molecule has 3 aromatic rings. The smallest absolute Gasteiger partial charge is 0.233 e. The van der Waals surface area contributed by atoms with Crippen molar-refractivity contribution < 1.29 is 9.53 Å². The lowest BCUT2D eigenvalue weighted by Crippen LogP contribution is -2.27. The Morgan fingerprint density at radius 2 is 1.81 bits per heavy atom. The molecule has 0 N–H and O–H groups in total. The van der Waals surface area contributed by atoms with E-state index in [2.05, 4.69) is 52.9 Å². The van der Waals surface area contributed by atoms with Crippen LogP contribution in [0.15, 0.2) is 53.7 Å². The van der Waals surface area contributed by atoms with Gasteiger partial charge < -0.3 is 14.2 Å². The fourth-order valence-electron chi connectivity index (χ4n) is 3.16. The van der Waals surface area contributed by atoms with E-state index in [1.54, 1.807) is 12.0 Å². The molecule has 0 radical (unpaired) electrons. The lowest BCUT2D eigenvalue weighted by atomic mass is 10.1. The number of ether oxygens (including phenoxy) is 1. The largest absolute Gasteiger partial charge is 0.497 e. The molecule has 0 aliphatic rings. The van der Waals surface area contributed by atoms with Gasteiger partial charge in [0, 0.05) is 25.7 Å². The van der Waals surface area contributed by atoms with Crippen molar-refractivity contribution in [3.63, 3.8) is 0 Å². The van der Waals surface area contributed by atoms with Crippen LogP contribution < -0.4 is 4.74 Å². The molecule has 0 saturated heterocycles. The number of hydrogen-bond acceptors (Lipinski definition) is 5. The summed E-state index contributed by atoms with van der Waals surface area (Å²) in [6.07, 6.45) is 2.10. The van der Waals surface area contributed by atoms with E-state index >= 15 is 0 Å². The number of rotatable bonds is 10. The average Bonchev–Trinajstić information content (AvgIpc) is 3.20. The van der Waals surface area contributed by atoms with Crippen molar-refractivity contribution in [3.05, 3.63) is 59.7 Å². The molecule has 164 valence electrons. The minimum atomic E-state index is 0.0709. The first-order valence-electron chi connectivity index (χ1n) is 10.5. The highest BCUT2D eigenvalue weighted by molar-refractivity contribution is 7.99. The van der Waals surface area contributed by atoms with Crippen molar-refractivity contribution in [2.24, 2.45) is 0 Å². The van der Waals surface area contributed by atoms with Crippen LogP contribution in [0.5, 0.6) is 5.75 Å². The van der Waals surface area contributed by atoms with Gasteiger partial charge in [0.05, 0.1) is 12.9 Å². The number of methoxy groups -OCH3 is 1. The van der Waals surface area contributed by atoms with Gasteiger partial charge in [-0.3, -0.25) is 4.79 Å². The first-order chi connectivity index (χ1) is 15.0. The van der Waals surface area contributed by atoms with Crippen LogP contribution in [-0.4, -0.2) is 45.5 Å². The zero-order chi connectivity index (χ0) is 22.2. The minimum Gasteiger partial charge on any atom is -0.497 e. The van der Waals surface area contributed by atoms with Crippen LogP contribution >= 0.6 is 11.8 Å². The third-order valence-corrected chi connectivity index (χ3v) is 6.04. The lowest BCUT2D eigenvalue weighted by Gasteiger charge is -2.17. The zero-order valence-corrected chi connectivity index (χ0v) is 19.5. The van der Waals surface area contributed by atoms with Crippen molar-refractivity contribution in [1.29, 1.82) is 0 Å². The molecule has 0 aliphatic carbocycles. The van der Waals surface area contributed by atoms with Crippen molar-refractivity contribution in [2.45, 2.75) is 44.9 Å². The van der Waals surface area contributed by atoms with Gasteiger partial charge >= 0.3 is 0 Å². The third-order valence-electron chi connectivity index (χ3n) is 5.09. The Labute approximate surface area is 188 Å². The average molecular weight is 439 g/mol. The van der Waals surface area contributed by atoms with Crippen LogP contribution in [0.1, 0.15) is 30.9 Å². The van der Waals surface area contributed by atoms with Gasteiger partial charge in [-0.15, -0.1) is 10.2 Å². The molecular formula is C24H30N4O2S. The second kappa shape index (κ2) is 11.0. The Kier molecular flexibility index (Phi) is 8.12. The van der Waals surface area contributed by atoms with Crippen LogP contribution in [0.25, 0.3) is 11.4 Å². The van der Waals surface area contributed by atoms with Gasteiger partial charge in [0.1, 0.15) is 5.75 Å². The summed E-state index contributed by atoms with van der Waals surface area (Å²) in [6, 6.07) is 16.1. The number of amides is 1. The maximum absolute atomic E-state index is 12.7. The van der Waals surface area contributed by atoms with Gasteiger partial charge in [0.15, 0.2) is 11.0 Å². The highest BCUT2D eigenvalue weighted by Gasteiger charge is 2.17. The minimum absolute atomic E-state index is 0.0709. The SMILES string of the molecule is CCCCn1c(SCC(=O)N(C)Cc2ccc(C)cc2)nnc1-c1ccc(OC)cc1.